The van der Waals surface area contributed by atoms with Gasteiger partial charge in [0.25, 0.3) is 5.91 Å². The van der Waals surface area contributed by atoms with Gasteiger partial charge in [0.2, 0.25) is 5.89 Å². The van der Waals surface area contributed by atoms with Crippen molar-refractivity contribution in [1.29, 1.82) is 0 Å². The van der Waals surface area contributed by atoms with Gasteiger partial charge < -0.3 is 19.2 Å². The number of likely N-dealkylation sites (tertiary alicyclic amines) is 1. The van der Waals surface area contributed by atoms with Crippen LogP contribution in [0.25, 0.3) is 0 Å². The monoisotopic (exact) mass is 362 g/mol. The van der Waals surface area contributed by atoms with E-state index in [4.69, 9.17) is 9.15 Å². The van der Waals surface area contributed by atoms with E-state index >= 15 is 0 Å². The summed E-state index contributed by atoms with van der Waals surface area (Å²) in [5.41, 5.74) is -0.0197. The summed E-state index contributed by atoms with van der Waals surface area (Å²) >= 11 is 0. The molecule has 1 aromatic heterocycles. The van der Waals surface area contributed by atoms with Crippen LogP contribution in [0.1, 0.15) is 42.6 Å². The molecule has 0 aliphatic carbocycles. The largest absolute Gasteiger partial charge is 0.484 e. The van der Waals surface area contributed by atoms with Crippen LogP contribution in [0.5, 0.6) is 5.75 Å². The average Bonchev–Trinajstić information content (AvgIpc) is 3.15. The highest BCUT2D eigenvalue weighted by atomic mass is 19.1. The van der Waals surface area contributed by atoms with Gasteiger partial charge in [-0.05, 0) is 31.4 Å². The zero-order valence-electron chi connectivity index (χ0n) is 14.8. The number of carbonyl (C=O) groups excluding carboxylic acids is 1. The molecule has 140 valence electrons. The standard InChI is InChI=1S/C19H23FN2O4/c1-2-19(13-23)7-4-8-22(12-19)18(24)16-10-26-17(21-16)11-25-15-6-3-5-14(20)9-15/h3,5-6,9-10,23H,2,4,7-8,11-13H2,1H3/t19-/m0/s1. The van der Waals surface area contributed by atoms with Gasteiger partial charge in [0.05, 0.1) is 6.61 Å². The summed E-state index contributed by atoms with van der Waals surface area (Å²) in [6, 6.07) is 5.77. The molecular weight excluding hydrogens is 339 g/mol. The molecule has 1 N–H and O–H groups in total. The van der Waals surface area contributed by atoms with Crippen molar-refractivity contribution >= 4 is 5.91 Å². The number of piperidine rings is 1. The molecule has 26 heavy (non-hydrogen) atoms. The maximum absolute atomic E-state index is 13.1. The maximum Gasteiger partial charge on any atom is 0.275 e. The Morgan fingerprint density at radius 2 is 2.35 bits per heavy atom. The molecule has 2 aromatic rings. The van der Waals surface area contributed by atoms with E-state index in [1.165, 1.54) is 18.4 Å². The number of ether oxygens (including phenoxy) is 1. The summed E-state index contributed by atoms with van der Waals surface area (Å²) in [7, 11) is 0. The molecule has 1 aromatic carbocycles. The number of hydrogen-bond acceptors (Lipinski definition) is 5. The Balaban J connectivity index is 1.62. The van der Waals surface area contributed by atoms with E-state index < -0.39 is 0 Å². The number of halogens is 1. The molecule has 1 amide bonds. The Bertz CT molecular complexity index is 758. The normalized spacial score (nSPS) is 20.2. The average molecular weight is 362 g/mol. The predicted molar refractivity (Wildman–Crippen MR) is 92.2 cm³/mol. The van der Waals surface area contributed by atoms with Crippen molar-refractivity contribution in [2.24, 2.45) is 5.41 Å². The Morgan fingerprint density at radius 3 is 3.08 bits per heavy atom. The number of nitrogens with zero attached hydrogens (tertiary/aromatic N) is 2. The number of rotatable bonds is 6. The van der Waals surface area contributed by atoms with Gasteiger partial charge in [0.1, 0.15) is 17.8 Å². The van der Waals surface area contributed by atoms with Gasteiger partial charge in [-0.25, -0.2) is 9.37 Å². The second kappa shape index (κ2) is 7.86. The molecule has 3 rings (SSSR count). The molecule has 0 saturated carbocycles. The lowest BCUT2D eigenvalue weighted by molar-refractivity contribution is 0.0248. The van der Waals surface area contributed by atoms with Crippen molar-refractivity contribution < 1.29 is 23.4 Å². The van der Waals surface area contributed by atoms with Gasteiger partial charge in [-0.3, -0.25) is 4.79 Å². The van der Waals surface area contributed by atoms with Gasteiger partial charge in [-0.15, -0.1) is 0 Å². The van der Waals surface area contributed by atoms with Crippen LogP contribution in [0.15, 0.2) is 34.9 Å². The quantitative estimate of drug-likeness (QED) is 0.855. The molecule has 1 aliphatic heterocycles. The van der Waals surface area contributed by atoms with Gasteiger partial charge in [-0.2, -0.15) is 0 Å². The molecule has 1 aliphatic rings. The van der Waals surface area contributed by atoms with Crippen LogP contribution >= 0.6 is 0 Å². The highest BCUT2D eigenvalue weighted by Crippen LogP contribution is 2.33. The van der Waals surface area contributed by atoms with Gasteiger partial charge in [0, 0.05) is 24.6 Å². The molecule has 0 bridgehead atoms. The highest BCUT2D eigenvalue weighted by molar-refractivity contribution is 5.92. The van der Waals surface area contributed by atoms with Gasteiger partial charge in [0.15, 0.2) is 12.3 Å². The van der Waals surface area contributed by atoms with E-state index in [0.717, 1.165) is 19.3 Å². The SMILES string of the molecule is CC[C@]1(CO)CCCN(C(=O)c2coc(COc3cccc(F)c3)n2)C1. The van der Waals surface area contributed by atoms with Crippen molar-refractivity contribution in [2.45, 2.75) is 32.8 Å². The molecule has 2 heterocycles. The minimum Gasteiger partial charge on any atom is -0.484 e. The summed E-state index contributed by atoms with van der Waals surface area (Å²) in [4.78, 5) is 18.6. The van der Waals surface area contributed by atoms with Gasteiger partial charge in [-0.1, -0.05) is 13.0 Å². The molecule has 7 heteroatoms. The first-order chi connectivity index (χ1) is 12.5. The minimum absolute atomic E-state index is 0.00622. The molecule has 0 spiro atoms. The van der Waals surface area contributed by atoms with Crippen LogP contribution in [-0.2, 0) is 6.61 Å². The Hall–Kier alpha value is -2.41. The van der Waals surface area contributed by atoms with E-state index in [2.05, 4.69) is 4.98 Å². The third kappa shape index (κ3) is 4.04. The van der Waals surface area contributed by atoms with Crippen LogP contribution in [0.3, 0.4) is 0 Å². The fourth-order valence-corrected chi connectivity index (χ4v) is 3.25. The number of aliphatic hydroxyl groups excluding tert-OH is 1. The first-order valence-corrected chi connectivity index (χ1v) is 8.78. The van der Waals surface area contributed by atoms with Crippen molar-refractivity contribution in [1.82, 2.24) is 9.88 Å². The zero-order chi connectivity index (χ0) is 18.6. The Kier molecular flexibility index (Phi) is 5.56. The molecule has 1 atom stereocenters. The number of oxazole rings is 1. The zero-order valence-corrected chi connectivity index (χ0v) is 14.8. The third-order valence-electron chi connectivity index (χ3n) is 4.96. The smallest absolute Gasteiger partial charge is 0.275 e. The minimum atomic E-state index is -0.390. The summed E-state index contributed by atoms with van der Waals surface area (Å²) in [6.07, 6.45) is 3.90. The highest BCUT2D eigenvalue weighted by Gasteiger charge is 2.36. The van der Waals surface area contributed by atoms with E-state index in [1.807, 2.05) is 6.92 Å². The van der Waals surface area contributed by atoms with E-state index in [9.17, 15) is 14.3 Å². The second-order valence-electron chi connectivity index (χ2n) is 6.71. The Morgan fingerprint density at radius 1 is 1.50 bits per heavy atom. The Labute approximate surface area is 151 Å². The lowest BCUT2D eigenvalue weighted by Gasteiger charge is -2.41. The van der Waals surface area contributed by atoms with Crippen LogP contribution in [0.2, 0.25) is 0 Å². The topological polar surface area (TPSA) is 75.8 Å². The molecule has 6 nitrogen and oxygen atoms in total. The van der Waals surface area contributed by atoms with E-state index in [1.54, 1.807) is 17.0 Å². The second-order valence-corrected chi connectivity index (χ2v) is 6.71. The maximum atomic E-state index is 13.1. The molecule has 1 saturated heterocycles. The van der Waals surface area contributed by atoms with Crippen molar-refractivity contribution in [3.8, 4) is 5.75 Å². The predicted octanol–water partition coefficient (Wildman–Crippen LogP) is 3.02. The molecule has 1 fully saturated rings. The number of hydrogen-bond donors (Lipinski definition) is 1. The first kappa shape index (κ1) is 18.4. The fraction of sp³-hybridized carbons (Fsp3) is 0.474. The van der Waals surface area contributed by atoms with Crippen LogP contribution in [0.4, 0.5) is 4.39 Å². The lowest BCUT2D eigenvalue weighted by atomic mass is 9.78. The van der Waals surface area contributed by atoms with E-state index in [0.29, 0.717) is 18.8 Å². The number of benzene rings is 1. The van der Waals surface area contributed by atoms with Crippen LogP contribution < -0.4 is 4.74 Å². The van der Waals surface area contributed by atoms with Crippen molar-refractivity contribution in [2.75, 3.05) is 19.7 Å². The molecular formula is C19H23FN2O4. The number of aliphatic hydroxyl groups is 1. The van der Waals surface area contributed by atoms with Crippen molar-refractivity contribution in [3.63, 3.8) is 0 Å². The number of carbonyl (C=O) groups is 1. The summed E-state index contributed by atoms with van der Waals surface area (Å²) < 4.78 is 23.9. The summed E-state index contributed by atoms with van der Waals surface area (Å²) in [5.74, 6) is 0.0113. The van der Waals surface area contributed by atoms with Crippen LogP contribution in [0, 0.1) is 11.2 Å². The van der Waals surface area contributed by atoms with Crippen LogP contribution in [-0.4, -0.2) is 40.6 Å². The summed E-state index contributed by atoms with van der Waals surface area (Å²) in [6.45, 7) is 3.26. The molecule has 0 unspecified atom stereocenters. The van der Waals surface area contributed by atoms with E-state index in [-0.39, 0.29) is 41.9 Å². The molecule has 0 radical (unpaired) electrons. The third-order valence-corrected chi connectivity index (χ3v) is 4.96. The summed E-state index contributed by atoms with van der Waals surface area (Å²) in [5, 5.41) is 9.70. The number of amides is 1. The van der Waals surface area contributed by atoms with Gasteiger partial charge >= 0.3 is 0 Å². The lowest BCUT2D eigenvalue weighted by Crippen LogP contribution is -2.47. The fourth-order valence-electron chi connectivity index (χ4n) is 3.25. The van der Waals surface area contributed by atoms with Crippen molar-refractivity contribution in [3.05, 3.63) is 47.9 Å². The number of aromatic nitrogens is 1. The first-order valence-electron chi connectivity index (χ1n) is 8.78.